The first-order valence-electron chi connectivity index (χ1n) is 7.74. The summed E-state index contributed by atoms with van der Waals surface area (Å²) in [6.07, 6.45) is -19.6. The first kappa shape index (κ1) is 28.1. The first-order chi connectivity index (χ1) is 14.2. The fraction of sp³-hybridized carbons (Fsp3) is 0.250. The highest BCUT2D eigenvalue weighted by atomic mass is 79.9. The van der Waals surface area contributed by atoms with Gasteiger partial charge in [-0.1, -0.05) is 28.1 Å². The van der Waals surface area contributed by atoms with E-state index in [0.717, 1.165) is 6.07 Å². The molecule has 2 N–H and O–H groups in total. The Labute approximate surface area is 179 Å². The van der Waals surface area contributed by atoms with Crippen LogP contribution in [0.25, 0.3) is 0 Å². The van der Waals surface area contributed by atoms with E-state index in [1.165, 1.54) is 0 Å². The average molecular weight is 551 g/mol. The molecule has 16 heteroatoms. The number of hydrogen-bond acceptors (Lipinski definition) is 2. The topological polar surface area (TPSA) is 40.5 Å². The minimum atomic E-state index is -5.10. The lowest BCUT2D eigenvalue weighted by molar-refractivity contribution is -0.144. The second-order valence-corrected chi connectivity index (χ2v) is 6.72. The standard InChI is InChI=1S/C8H5BF6O2.C8H3BrF6/c10-7(11,12)4-1-2-6(9(16)17)5(3-4)8(13,14)15;9-6-2-1-4(7(10,11)12)3-5(6)8(13,14)15/h1-3,16-17H;1-3H. The van der Waals surface area contributed by atoms with Crippen LogP contribution in [0.1, 0.15) is 22.3 Å². The van der Waals surface area contributed by atoms with Crippen molar-refractivity contribution in [3.63, 3.8) is 0 Å². The minimum absolute atomic E-state index is 0.0735. The van der Waals surface area contributed by atoms with Crippen LogP contribution in [0.5, 0.6) is 0 Å². The average Bonchev–Trinajstić information content (AvgIpc) is 2.58. The van der Waals surface area contributed by atoms with Gasteiger partial charge in [0, 0.05) is 4.47 Å². The summed E-state index contributed by atoms with van der Waals surface area (Å²) in [5, 5.41) is 17.3. The Morgan fingerprint density at radius 1 is 0.562 bits per heavy atom. The number of hydrogen-bond donors (Lipinski definition) is 2. The normalized spacial score (nSPS) is 12.8. The number of alkyl halides is 12. The van der Waals surface area contributed by atoms with E-state index < -0.39 is 64.0 Å². The number of benzene rings is 2. The lowest BCUT2D eigenvalue weighted by Crippen LogP contribution is -2.36. The highest BCUT2D eigenvalue weighted by molar-refractivity contribution is 9.10. The van der Waals surface area contributed by atoms with Crippen molar-refractivity contribution in [1.29, 1.82) is 0 Å². The van der Waals surface area contributed by atoms with E-state index in [0.29, 0.717) is 18.2 Å². The van der Waals surface area contributed by atoms with Crippen molar-refractivity contribution in [3.05, 3.63) is 63.1 Å². The predicted octanol–water partition coefficient (Wildman–Crippen LogP) is 5.89. The molecule has 0 aliphatic heterocycles. The van der Waals surface area contributed by atoms with Crippen molar-refractivity contribution in [3.8, 4) is 0 Å². The van der Waals surface area contributed by atoms with Crippen molar-refractivity contribution in [1.82, 2.24) is 0 Å². The fourth-order valence-corrected chi connectivity index (χ4v) is 2.59. The summed E-state index contributed by atoms with van der Waals surface area (Å²) in [6.45, 7) is 0. The van der Waals surface area contributed by atoms with Gasteiger partial charge in [0.15, 0.2) is 0 Å². The van der Waals surface area contributed by atoms with Crippen LogP contribution in [0.3, 0.4) is 0 Å². The van der Waals surface area contributed by atoms with Gasteiger partial charge in [0.2, 0.25) is 0 Å². The summed E-state index contributed by atoms with van der Waals surface area (Å²) in [4.78, 5) is 0. The molecule has 0 radical (unpaired) electrons. The van der Waals surface area contributed by atoms with Gasteiger partial charge in [-0.2, -0.15) is 52.7 Å². The van der Waals surface area contributed by atoms with Crippen LogP contribution >= 0.6 is 15.9 Å². The summed E-state index contributed by atoms with van der Waals surface area (Å²) in [7, 11) is -2.49. The van der Waals surface area contributed by atoms with Gasteiger partial charge in [-0.05, 0) is 29.7 Å². The van der Waals surface area contributed by atoms with Crippen molar-refractivity contribution in [2.24, 2.45) is 0 Å². The van der Waals surface area contributed by atoms with E-state index in [1.807, 2.05) is 0 Å². The van der Waals surface area contributed by atoms with E-state index in [2.05, 4.69) is 15.9 Å². The lowest BCUT2D eigenvalue weighted by Gasteiger charge is -2.15. The molecule has 0 saturated carbocycles. The molecule has 0 aliphatic rings. The van der Waals surface area contributed by atoms with Gasteiger partial charge in [0.25, 0.3) is 0 Å². The van der Waals surface area contributed by atoms with Gasteiger partial charge in [-0.3, -0.25) is 0 Å². The van der Waals surface area contributed by atoms with Gasteiger partial charge in [0.05, 0.1) is 22.3 Å². The second kappa shape index (κ2) is 9.51. The maximum Gasteiger partial charge on any atom is 0.489 e. The Kier molecular flexibility index (Phi) is 8.35. The van der Waals surface area contributed by atoms with E-state index >= 15 is 0 Å². The summed E-state index contributed by atoms with van der Waals surface area (Å²) in [5.74, 6) is 0. The summed E-state index contributed by atoms with van der Waals surface area (Å²) >= 11 is 2.55. The minimum Gasteiger partial charge on any atom is -0.423 e. The van der Waals surface area contributed by atoms with Crippen molar-refractivity contribution in [2.75, 3.05) is 0 Å². The molecule has 0 fully saturated rings. The van der Waals surface area contributed by atoms with Crippen LogP contribution in [0, 0.1) is 0 Å². The SMILES string of the molecule is FC(F)(F)c1ccc(Br)c(C(F)(F)F)c1.OB(O)c1ccc(C(F)(F)F)cc1C(F)(F)F. The molecule has 0 heterocycles. The quantitative estimate of drug-likeness (QED) is 0.343. The van der Waals surface area contributed by atoms with Crippen LogP contribution in [0.2, 0.25) is 0 Å². The maximum atomic E-state index is 12.4. The zero-order valence-electron chi connectivity index (χ0n) is 14.8. The Hall–Kier alpha value is -1.94. The van der Waals surface area contributed by atoms with Gasteiger partial charge >= 0.3 is 31.8 Å². The monoisotopic (exact) mass is 550 g/mol. The molecule has 0 saturated heterocycles. The van der Waals surface area contributed by atoms with Crippen molar-refractivity contribution >= 4 is 28.5 Å². The summed E-state index contributed by atoms with van der Waals surface area (Å²) in [5.41, 5.74) is -6.91. The van der Waals surface area contributed by atoms with Crippen LogP contribution in [-0.4, -0.2) is 17.2 Å². The smallest absolute Gasteiger partial charge is 0.423 e. The second-order valence-electron chi connectivity index (χ2n) is 5.86. The third-order valence-electron chi connectivity index (χ3n) is 3.56. The Bertz CT molecular complexity index is 933. The van der Waals surface area contributed by atoms with Crippen molar-refractivity contribution < 1.29 is 62.7 Å². The van der Waals surface area contributed by atoms with Crippen molar-refractivity contribution in [2.45, 2.75) is 24.7 Å². The number of rotatable bonds is 1. The largest absolute Gasteiger partial charge is 0.489 e. The predicted molar refractivity (Wildman–Crippen MR) is 90.4 cm³/mol. The van der Waals surface area contributed by atoms with E-state index in [1.54, 1.807) is 0 Å². The molecule has 2 nitrogen and oxygen atoms in total. The van der Waals surface area contributed by atoms with E-state index in [4.69, 9.17) is 10.0 Å². The first-order valence-corrected chi connectivity index (χ1v) is 8.53. The molecule has 0 aromatic heterocycles. The molecule has 2 aromatic carbocycles. The van der Waals surface area contributed by atoms with Crippen LogP contribution < -0.4 is 5.46 Å². The molecule has 32 heavy (non-hydrogen) atoms. The molecule has 0 unspecified atom stereocenters. The van der Waals surface area contributed by atoms with E-state index in [9.17, 15) is 52.7 Å². The van der Waals surface area contributed by atoms with Crippen LogP contribution in [0.15, 0.2) is 40.9 Å². The molecule has 2 aromatic rings. The van der Waals surface area contributed by atoms with Gasteiger partial charge in [-0.15, -0.1) is 0 Å². The zero-order chi connectivity index (χ0) is 25.3. The van der Waals surface area contributed by atoms with Gasteiger partial charge in [-0.25, -0.2) is 0 Å². The maximum absolute atomic E-state index is 12.4. The molecule has 0 aliphatic carbocycles. The molecule has 178 valence electrons. The fourth-order valence-electron chi connectivity index (χ4n) is 2.12. The highest BCUT2D eigenvalue weighted by Gasteiger charge is 2.40. The third kappa shape index (κ3) is 7.58. The Morgan fingerprint density at radius 2 is 0.938 bits per heavy atom. The Morgan fingerprint density at radius 3 is 1.28 bits per heavy atom. The molecular weight excluding hydrogens is 543 g/mol. The van der Waals surface area contributed by atoms with Gasteiger partial charge in [0.1, 0.15) is 0 Å². The highest BCUT2D eigenvalue weighted by Crippen LogP contribution is 2.39. The lowest BCUT2D eigenvalue weighted by atomic mass is 9.76. The molecule has 0 bridgehead atoms. The molecule has 0 amide bonds. The third-order valence-corrected chi connectivity index (χ3v) is 4.25. The molecule has 2 rings (SSSR count). The molecule has 0 atom stereocenters. The number of halogens is 13. The summed E-state index contributed by atoms with van der Waals surface area (Å²) in [6, 6.07) is 1.96. The summed E-state index contributed by atoms with van der Waals surface area (Å²) < 4.78 is 146. The Balaban J connectivity index is 0.000000323. The molecular formula is C16H8BBrF12O2. The molecule has 0 spiro atoms. The van der Waals surface area contributed by atoms with Crippen LogP contribution in [-0.2, 0) is 24.7 Å². The van der Waals surface area contributed by atoms with Gasteiger partial charge < -0.3 is 10.0 Å². The zero-order valence-corrected chi connectivity index (χ0v) is 16.4. The van der Waals surface area contributed by atoms with Crippen LogP contribution in [0.4, 0.5) is 52.7 Å². The van der Waals surface area contributed by atoms with E-state index in [-0.39, 0.29) is 12.1 Å².